The Morgan fingerprint density at radius 1 is 0.882 bits per heavy atom. The second-order valence-electron chi connectivity index (χ2n) is 3.55. The number of nitriles is 1. The average Bonchev–Trinajstić information content (AvgIpc) is 2.34. The highest BCUT2D eigenvalue weighted by Crippen LogP contribution is 1.90. The maximum absolute atomic E-state index is 8.34. The van der Waals surface area contributed by atoms with Crippen LogP contribution >= 0.6 is 0 Å². The lowest BCUT2D eigenvalue weighted by Crippen LogP contribution is -2.35. The Hall–Kier alpha value is -0.710. The molecule has 0 spiro atoms. The summed E-state index contributed by atoms with van der Waals surface area (Å²) in [6.07, 6.45) is 0.441. The highest BCUT2D eigenvalue weighted by Gasteiger charge is 2.03. The number of ether oxygens (including phenoxy) is 2. The molecule has 0 rings (SSSR count). The van der Waals surface area contributed by atoms with Gasteiger partial charge in [-0.1, -0.05) is 0 Å². The molecule has 0 fully saturated rings. The van der Waals surface area contributed by atoms with Gasteiger partial charge in [0.05, 0.1) is 38.9 Å². The number of nitrogens with two attached hydrogens (primary N) is 2. The lowest BCUT2D eigenvalue weighted by Gasteiger charge is -2.21. The normalized spacial score (nSPS) is 10.7. The molecule has 6 nitrogen and oxygen atoms in total. The van der Waals surface area contributed by atoms with Crippen molar-refractivity contribution >= 4 is 0 Å². The van der Waals surface area contributed by atoms with Crippen molar-refractivity contribution in [2.75, 3.05) is 59.2 Å². The summed E-state index contributed by atoms with van der Waals surface area (Å²) < 4.78 is 10.6. The van der Waals surface area contributed by atoms with Crippen LogP contribution in [0.15, 0.2) is 0 Å². The monoisotopic (exact) mass is 244 g/mol. The second kappa shape index (κ2) is 13.4. The van der Waals surface area contributed by atoms with Crippen molar-refractivity contribution in [2.45, 2.75) is 6.42 Å². The first kappa shape index (κ1) is 16.3. The topological polar surface area (TPSA) is 97.5 Å². The van der Waals surface area contributed by atoms with Gasteiger partial charge in [0.1, 0.15) is 0 Å². The van der Waals surface area contributed by atoms with Crippen LogP contribution < -0.4 is 11.5 Å². The minimum absolute atomic E-state index is 0.441. The van der Waals surface area contributed by atoms with Gasteiger partial charge in [-0.25, -0.2) is 0 Å². The standard InChI is InChI=1S/C11H24N4O2/c12-2-1-8-16-10-6-15(5-3-13)7-11-17-9-4-14/h1,3-11,13-14H2. The fraction of sp³-hybridized carbons (Fsp3) is 0.909. The Morgan fingerprint density at radius 2 is 1.53 bits per heavy atom. The van der Waals surface area contributed by atoms with Gasteiger partial charge in [0, 0.05) is 32.7 Å². The molecule has 0 aromatic heterocycles. The summed E-state index contributed by atoms with van der Waals surface area (Å²) in [4.78, 5) is 2.18. The maximum atomic E-state index is 8.34. The molecule has 0 saturated carbocycles. The number of hydrogen-bond donors (Lipinski definition) is 2. The smallest absolute Gasteiger partial charge is 0.0645 e. The first-order valence-electron chi connectivity index (χ1n) is 6.00. The number of nitrogens with zero attached hydrogens (tertiary/aromatic N) is 2. The van der Waals surface area contributed by atoms with Crippen molar-refractivity contribution in [2.24, 2.45) is 11.5 Å². The molecule has 0 bridgehead atoms. The van der Waals surface area contributed by atoms with Crippen LogP contribution in [0, 0.1) is 11.3 Å². The van der Waals surface area contributed by atoms with E-state index in [1.165, 1.54) is 0 Å². The van der Waals surface area contributed by atoms with Gasteiger partial charge in [0.2, 0.25) is 0 Å². The van der Waals surface area contributed by atoms with Crippen LogP contribution in [0.3, 0.4) is 0 Å². The zero-order valence-corrected chi connectivity index (χ0v) is 10.4. The molecule has 0 aliphatic rings. The van der Waals surface area contributed by atoms with E-state index in [2.05, 4.69) is 4.90 Å². The minimum Gasteiger partial charge on any atom is -0.379 e. The van der Waals surface area contributed by atoms with Gasteiger partial charge >= 0.3 is 0 Å². The third-order valence-corrected chi connectivity index (χ3v) is 2.17. The van der Waals surface area contributed by atoms with Gasteiger partial charge in [-0.15, -0.1) is 0 Å². The van der Waals surface area contributed by atoms with Crippen LogP contribution in [0.2, 0.25) is 0 Å². The Bertz CT molecular complexity index is 196. The van der Waals surface area contributed by atoms with Crippen molar-refractivity contribution in [1.29, 1.82) is 5.26 Å². The molecule has 0 atom stereocenters. The van der Waals surface area contributed by atoms with E-state index in [-0.39, 0.29) is 0 Å². The first-order chi connectivity index (χ1) is 8.35. The average molecular weight is 244 g/mol. The van der Waals surface area contributed by atoms with Gasteiger partial charge in [0.15, 0.2) is 0 Å². The molecular formula is C11H24N4O2. The van der Waals surface area contributed by atoms with Gasteiger partial charge in [-0.3, -0.25) is 4.90 Å². The summed E-state index contributed by atoms with van der Waals surface area (Å²) in [5.74, 6) is 0. The highest BCUT2D eigenvalue weighted by molar-refractivity contribution is 4.67. The van der Waals surface area contributed by atoms with Crippen molar-refractivity contribution in [3.8, 4) is 6.07 Å². The summed E-state index contributed by atoms with van der Waals surface area (Å²) in [5, 5.41) is 8.34. The van der Waals surface area contributed by atoms with Crippen molar-refractivity contribution in [3.63, 3.8) is 0 Å². The van der Waals surface area contributed by atoms with Crippen molar-refractivity contribution in [1.82, 2.24) is 4.90 Å². The van der Waals surface area contributed by atoms with Gasteiger partial charge in [-0.05, 0) is 0 Å². The molecule has 4 N–H and O–H groups in total. The molecule has 17 heavy (non-hydrogen) atoms. The predicted molar refractivity (Wildman–Crippen MR) is 66.4 cm³/mol. The molecule has 0 aliphatic heterocycles. The van der Waals surface area contributed by atoms with Crippen LogP contribution in [0.25, 0.3) is 0 Å². The molecule has 0 aliphatic carbocycles. The minimum atomic E-state index is 0.441. The Morgan fingerprint density at radius 3 is 2.06 bits per heavy atom. The largest absolute Gasteiger partial charge is 0.379 e. The highest BCUT2D eigenvalue weighted by atomic mass is 16.5. The lowest BCUT2D eigenvalue weighted by molar-refractivity contribution is 0.0798. The number of rotatable bonds is 12. The van der Waals surface area contributed by atoms with E-state index in [4.69, 9.17) is 26.2 Å². The lowest BCUT2D eigenvalue weighted by atomic mass is 10.4. The van der Waals surface area contributed by atoms with Crippen LogP contribution in [-0.2, 0) is 9.47 Å². The van der Waals surface area contributed by atoms with Gasteiger partial charge in [0.25, 0.3) is 0 Å². The van der Waals surface area contributed by atoms with E-state index in [0.717, 1.165) is 19.6 Å². The van der Waals surface area contributed by atoms with E-state index in [1.54, 1.807) is 0 Å². The summed E-state index contributed by atoms with van der Waals surface area (Å²) in [6.45, 7) is 6.02. The summed E-state index contributed by atoms with van der Waals surface area (Å²) in [7, 11) is 0. The molecule has 0 amide bonds. The van der Waals surface area contributed by atoms with Crippen LogP contribution in [0.1, 0.15) is 6.42 Å². The molecule has 0 radical (unpaired) electrons. The van der Waals surface area contributed by atoms with E-state index in [9.17, 15) is 0 Å². The molecule has 0 unspecified atom stereocenters. The fourth-order valence-electron chi connectivity index (χ4n) is 1.31. The summed E-state index contributed by atoms with van der Waals surface area (Å²) in [5.41, 5.74) is 10.9. The molecule has 0 saturated heterocycles. The molecule has 6 heteroatoms. The summed E-state index contributed by atoms with van der Waals surface area (Å²) in [6, 6.07) is 2.04. The van der Waals surface area contributed by atoms with Crippen LogP contribution in [-0.4, -0.2) is 64.1 Å². The quantitative estimate of drug-likeness (QED) is 0.434. The fourth-order valence-corrected chi connectivity index (χ4v) is 1.31. The van der Waals surface area contributed by atoms with Gasteiger partial charge in [-0.2, -0.15) is 5.26 Å². The third-order valence-electron chi connectivity index (χ3n) is 2.17. The maximum Gasteiger partial charge on any atom is 0.0645 e. The van der Waals surface area contributed by atoms with E-state index in [0.29, 0.717) is 45.9 Å². The molecular weight excluding hydrogens is 220 g/mol. The predicted octanol–water partition coefficient (Wildman–Crippen LogP) is -0.847. The van der Waals surface area contributed by atoms with Crippen LogP contribution in [0.4, 0.5) is 0 Å². The SMILES string of the molecule is N#CCCOCCN(CCN)CCOCCN. The van der Waals surface area contributed by atoms with Crippen molar-refractivity contribution in [3.05, 3.63) is 0 Å². The van der Waals surface area contributed by atoms with Gasteiger partial charge < -0.3 is 20.9 Å². The molecule has 0 aromatic rings. The van der Waals surface area contributed by atoms with E-state index >= 15 is 0 Å². The molecule has 0 heterocycles. The third kappa shape index (κ3) is 11.6. The zero-order chi connectivity index (χ0) is 12.8. The molecule has 100 valence electrons. The zero-order valence-electron chi connectivity index (χ0n) is 10.4. The van der Waals surface area contributed by atoms with Crippen molar-refractivity contribution < 1.29 is 9.47 Å². The van der Waals surface area contributed by atoms with Crippen LogP contribution in [0.5, 0.6) is 0 Å². The Kier molecular flexibility index (Phi) is 12.8. The number of hydrogen-bond acceptors (Lipinski definition) is 6. The Labute approximate surface area is 103 Å². The first-order valence-corrected chi connectivity index (χ1v) is 6.00. The van der Waals surface area contributed by atoms with E-state index in [1.807, 2.05) is 6.07 Å². The molecule has 0 aromatic carbocycles. The van der Waals surface area contributed by atoms with E-state index < -0.39 is 0 Å². The second-order valence-corrected chi connectivity index (χ2v) is 3.55. The summed E-state index contributed by atoms with van der Waals surface area (Å²) >= 11 is 0. The Balaban J connectivity index is 3.49.